The van der Waals surface area contributed by atoms with Gasteiger partial charge in [0.15, 0.2) is 5.75 Å². The average Bonchev–Trinajstić information content (AvgIpc) is 3.31. The summed E-state index contributed by atoms with van der Waals surface area (Å²) < 4.78 is 22.8. The normalized spacial score (nSPS) is 14.0. The smallest absolute Gasteiger partial charge is 0.322 e. The number of rotatable bonds is 6. The zero-order chi connectivity index (χ0) is 24.2. The van der Waals surface area contributed by atoms with E-state index in [1.54, 1.807) is 61.1 Å². The number of amides is 1. The van der Waals surface area contributed by atoms with Crippen molar-refractivity contribution in [3.63, 3.8) is 0 Å². The number of nitrogens with zero attached hydrogens (tertiary/aromatic N) is 4. The van der Waals surface area contributed by atoms with Gasteiger partial charge in [-0.1, -0.05) is 24.3 Å². The standard InChI is InChI=1S/C26H25FN6O2/c1-17(34)31-21-8-4-5-9-23(21)35-26-29-15-12-22(32-26)25-24(19-6-2-3-7-20(19)27)30-16-33(25)18-10-13-28-14-11-18/h2-9,12,15-16,18,28H,10-11,13-14H2,1H3,(H,31,34). The number of hydrogen-bond acceptors (Lipinski definition) is 6. The van der Waals surface area contributed by atoms with Crippen molar-refractivity contribution >= 4 is 11.6 Å². The van der Waals surface area contributed by atoms with Gasteiger partial charge in [0.1, 0.15) is 11.5 Å². The van der Waals surface area contributed by atoms with Crippen molar-refractivity contribution in [3.05, 3.63) is 72.9 Å². The van der Waals surface area contributed by atoms with Crippen molar-refractivity contribution in [2.45, 2.75) is 25.8 Å². The van der Waals surface area contributed by atoms with E-state index in [1.165, 1.54) is 13.0 Å². The van der Waals surface area contributed by atoms with Gasteiger partial charge in [0.25, 0.3) is 0 Å². The lowest BCUT2D eigenvalue weighted by Crippen LogP contribution is -2.29. The van der Waals surface area contributed by atoms with Crippen molar-refractivity contribution < 1.29 is 13.9 Å². The van der Waals surface area contributed by atoms with Gasteiger partial charge in [-0.15, -0.1) is 0 Å². The van der Waals surface area contributed by atoms with Crippen LogP contribution in [0.4, 0.5) is 10.1 Å². The molecule has 2 aromatic carbocycles. The first kappa shape index (κ1) is 22.7. The number of ether oxygens (including phenoxy) is 1. The summed E-state index contributed by atoms with van der Waals surface area (Å²) in [5.41, 5.74) is 2.73. The van der Waals surface area contributed by atoms with Crippen LogP contribution in [-0.2, 0) is 4.79 Å². The van der Waals surface area contributed by atoms with E-state index in [0.29, 0.717) is 34.1 Å². The number of carbonyl (C=O) groups excluding carboxylic acids is 1. The van der Waals surface area contributed by atoms with Crippen LogP contribution in [0.2, 0.25) is 0 Å². The minimum Gasteiger partial charge on any atom is -0.422 e. The fourth-order valence-electron chi connectivity index (χ4n) is 4.30. The third-order valence-corrected chi connectivity index (χ3v) is 5.90. The van der Waals surface area contributed by atoms with Crippen LogP contribution in [0.5, 0.6) is 11.8 Å². The molecule has 0 spiro atoms. The van der Waals surface area contributed by atoms with Gasteiger partial charge in [-0.05, 0) is 56.3 Å². The summed E-state index contributed by atoms with van der Waals surface area (Å²) in [6.07, 6.45) is 5.22. The van der Waals surface area contributed by atoms with Crippen molar-refractivity contribution in [1.82, 2.24) is 24.8 Å². The van der Waals surface area contributed by atoms with E-state index in [2.05, 4.69) is 30.2 Å². The molecule has 0 atom stereocenters. The molecule has 2 N–H and O–H groups in total. The Morgan fingerprint density at radius 2 is 1.86 bits per heavy atom. The first-order valence-corrected chi connectivity index (χ1v) is 11.5. The van der Waals surface area contributed by atoms with Crippen LogP contribution >= 0.6 is 0 Å². The highest BCUT2D eigenvalue weighted by Crippen LogP contribution is 2.36. The van der Waals surface area contributed by atoms with E-state index in [-0.39, 0.29) is 23.8 Å². The molecule has 1 saturated heterocycles. The largest absolute Gasteiger partial charge is 0.422 e. The second-order valence-electron chi connectivity index (χ2n) is 8.31. The SMILES string of the molecule is CC(=O)Nc1ccccc1Oc1nccc(-c2c(-c3ccccc3F)ncn2C2CCNCC2)n1. The van der Waals surface area contributed by atoms with Gasteiger partial charge < -0.3 is 19.9 Å². The summed E-state index contributed by atoms with van der Waals surface area (Å²) in [6, 6.07) is 15.7. The molecule has 8 nitrogen and oxygen atoms in total. The van der Waals surface area contributed by atoms with Crippen LogP contribution < -0.4 is 15.4 Å². The number of imidazole rings is 1. The molecule has 1 amide bonds. The summed E-state index contributed by atoms with van der Waals surface area (Å²) in [5.74, 6) is -0.142. The van der Waals surface area contributed by atoms with E-state index in [0.717, 1.165) is 25.9 Å². The Kier molecular flexibility index (Phi) is 6.49. The monoisotopic (exact) mass is 472 g/mol. The lowest BCUT2D eigenvalue weighted by Gasteiger charge is -2.25. The van der Waals surface area contributed by atoms with Crippen molar-refractivity contribution in [2.24, 2.45) is 0 Å². The topological polar surface area (TPSA) is 94.0 Å². The van der Waals surface area contributed by atoms with Gasteiger partial charge in [-0.3, -0.25) is 4.79 Å². The molecule has 3 heterocycles. The second kappa shape index (κ2) is 10.0. The maximum absolute atomic E-state index is 14.8. The molecule has 0 aliphatic carbocycles. The minimum atomic E-state index is -0.348. The third-order valence-electron chi connectivity index (χ3n) is 5.90. The first-order valence-electron chi connectivity index (χ1n) is 11.5. The fourth-order valence-corrected chi connectivity index (χ4v) is 4.30. The van der Waals surface area contributed by atoms with Gasteiger partial charge >= 0.3 is 6.01 Å². The van der Waals surface area contributed by atoms with Crippen molar-refractivity contribution in [1.29, 1.82) is 0 Å². The highest BCUT2D eigenvalue weighted by Gasteiger charge is 2.25. The van der Waals surface area contributed by atoms with E-state index in [4.69, 9.17) is 4.74 Å². The van der Waals surface area contributed by atoms with E-state index >= 15 is 0 Å². The molecule has 0 bridgehead atoms. The molecule has 4 aromatic rings. The number of piperidine rings is 1. The Balaban J connectivity index is 1.57. The maximum atomic E-state index is 14.8. The Hall–Kier alpha value is -4.11. The molecule has 1 fully saturated rings. The summed E-state index contributed by atoms with van der Waals surface area (Å²) in [6.45, 7) is 3.23. The molecule has 1 aliphatic heterocycles. The van der Waals surface area contributed by atoms with Crippen LogP contribution in [0.1, 0.15) is 25.8 Å². The number of anilines is 1. The number of carbonyl (C=O) groups is 1. The van der Waals surface area contributed by atoms with Crippen LogP contribution in [0.15, 0.2) is 67.1 Å². The van der Waals surface area contributed by atoms with Crippen LogP contribution in [-0.4, -0.2) is 38.5 Å². The minimum absolute atomic E-state index is 0.109. The van der Waals surface area contributed by atoms with Gasteiger partial charge in [-0.2, -0.15) is 4.98 Å². The fraction of sp³-hybridized carbons (Fsp3) is 0.231. The number of aromatic nitrogens is 4. The van der Waals surface area contributed by atoms with E-state index < -0.39 is 0 Å². The van der Waals surface area contributed by atoms with Gasteiger partial charge in [0.2, 0.25) is 5.91 Å². The number of para-hydroxylation sites is 2. The molecule has 178 valence electrons. The van der Waals surface area contributed by atoms with Gasteiger partial charge in [-0.25, -0.2) is 14.4 Å². The molecule has 9 heteroatoms. The third kappa shape index (κ3) is 4.90. The molecule has 2 aromatic heterocycles. The molecule has 1 aliphatic rings. The van der Waals surface area contributed by atoms with Crippen LogP contribution in [0, 0.1) is 5.82 Å². The quantitative estimate of drug-likeness (QED) is 0.418. The zero-order valence-electron chi connectivity index (χ0n) is 19.2. The van der Waals surface area contributed by atoms with Crippen LogP contribution in [0.25, 0.3) is 22.6 Å². The number of benzene rings is 2. The predicted octanol–water partition coefficient (Wildman–Crippen LogP) is 4.82. The summed E-state index contributed by atoms with van der Waals surface area (Å²) in [7, 11) is 0. The van der Waals surface area contributed by atoms with Crippen molar-refractivity contribution in [2.75, 3.05) is 18.4 Å². The lowest BCUT2D eigenvalue weighted by atomic mass is 10.0. The lowest BCUT2D eigenvalue weighted by molar-refractivity contribution is -0.114. The van der Waals surface area contributed by atoms with Gasteiger partial charge in [0, 0.05) is 24.7 Å². The molecule has 0 unspecified atom stereocenters. The van der Waals surface area contributed by atoms with Gasteiger partial charge in [0.05, 0.1) is 23.4 Å². The highest BCUT2D eigenvalue weighted by atomic mass is 19.1. The first-order chi connectivity index (χ1) is 17.1. The Morgan fingerprint density at radius 1 is 1.09 bits per heavy atom. The van der Waals surface area contributed by atoms with Crippen molar-refractivity contribution in [3.8, 4) is 34.4 Å². The molecular formula is C26H25FN6O2. The maximum Gasteiger partial charge on any atom is 0.322 e. The number of nitrogens with one attached hydrogen (secondary N) is 2. The second-order valence-corrected chi connectivity index (χ2v) is 8.31. The number of hydrogen-bond donors (Lipinski definition) is 2. The molecule has 35 heavy (non-hydrogen) atoms. The predicted molar refractivity (Wildman–Crippen MR) is 131 cm³/mol. The Morgan fingerprint density at radius 3 is 2.66 bits per heavy atom. The summed E-state index contributed by atoms with van der Waals surface area (Å²) >= 11 is 0. The Labute approximate surface area is 202 Å². The molecule has 0 radical (unpaired) electrons. The molecular weight excluding hydrogens is 447 g/mol. The van der Waals surface area contributed by atoms with E-state index in [9.17, 15) is 9.18 Å². The highest BCUT2D eigenvalue weighted by molar-refractivity contribution is 5.90. The molecule has 5 rings (SSSR count). The summed E-state index contributed by atoms with van der Waals surface area (Å²) in [5, 5.41) is 6.12. The number of halogens is 1. The van der Waals surface area contributed by atoms with E-state index in [1.807, 2.05) is 0 Å². The summed E-state index contributed by atoms with van der Waals surface area (Å²) in [4.78, 5) is 25.1. The van der Waals surface area contributed by atoms with Crippen LogP contribution in [0.3, 0.4) is 0 Å². The molecule has 0 saturated carbocycles. The average molecular weight is 473 g/mol. The Bertz CT molecular complexity index is 1350. The zero-order valence-corrected chi connectivity index (χ0v) is 19.2.